The van der Waals surface area contributed by atoms with Crippen LogP contribution in [0, 0.1) is 0 Å². The standard InChI is InChI=1S/C21H26N4O3/c1-27-8-9-28-18-4-2-17(3-5-18)25-21(26)19-11-15(16-12-23-24-13-16)10-14-6-7-22-20(14)19/h6-7,10-13,17-18,22H,2-5,8-9H2,1H3,(H,23,24)(H,25,26). The summed E-state index contributed by atoms with van der Waals surface area (Å²) in [5, 5.41) is 11.1. The van der Waals surface area contributed by atoms with Gasteiger partial charge in [-0.3, -0.25) is 9.89 Å². The number of aromatic amines is 2. The second-order valence-corrected chi connectivity index (χ2v) is 7.26. The summed E-state index contributed by atoms with van der Waals surface area (Å²) in [5.74, 6) is -0.0402. The first-order valence-electron chi connectivity index (χ1n) is 9.76. The molecule has 0 aliphatic heterocycles. The summed E-state index contributed by atoms with van der Waals surface area (Å²) in [6.07, 6.45) is 9.51. The number of nitrogens with zero attached hydrogens (tertiary/aromatic N) is 1. The van der Waals surface area contributed by atoms with Crippen molar-refractivity contribution in [2.45, 2.75) is 37.8 Å². The van der Waals surface area contributed by atoms with Gasteiger partial charge in [0.05, 0.1) is 36.6 Å². The third-order valence-corrected chi connectivity index (χ3v) is 5.39. The molecule has 1 aromatic carbocycles. The molecule has 7 nitrogen and oxygen atoms in total. The van der Waals surface area contributed by atoms with Crippen molar-refractivity contribution in [2.75, 3.05) is 20.3 Å². The van der Waals surface area contributed by atoms with E-state index in [1.54, 1.807) is 13.3 Å². The molecule has 0 atom stereocenters. The number of methoxy groups -OCH3 is 1. The zero-order chi connectivity index (χ0) is 19.3. The minimum Gasteiger partial charge on any atom is -0.382 e. The maximum absolute atomic E-state index is 13.0. The largest absolute Gasteiger partial charge is 0.382 e. The van der Waals surface area contributed by atoms with E-state index < -0.39 is 0 Å². The van der Waals surface area contributed by atoms with Crippen LogP contribution in [0.2, 0.25) is 0 Å². The fourth-order valence-electron chi connectivity index (χ4n) is 3.86. The predicted molar refractivity (Wildman–Crippen MR) is 107 cm³/mol. The van der Waals surface area contributed by atoms with Gasteiger partial charge in [0.25, 0.3) is 5.91 Å². The first-order chi connectivity index (χ1) is 13.7. The van der Waals surface area contributed by atoms with Gasteiger partial charge in [0, 0.05) is 36.5 Å². The van der Waals surface area contributed by atoms with E-state index in [1.807, 2.05) is 24.5 Å². The van der Waals surface area contributed by atoms with Crippen LogP contribution in [0.3, 0.4) is 0 Å². The summed E-state index contributed by atoms with van der Waals surface area (Å²) >= 11 is 0. The van der Waals surface area contributed by atoms with Crippen molar-refractivity contribution in [3.63, 3.8) is 0 Å². The van der Waals surface area contributed by atoms with Gasteiger partial charge < -0.3 is 19.8 Å². The number of nitrogens with one attached hydrogen (secondary N) is 3. The number of H-pyrrole nitrogens is 2. The molecule has 3 N–H and O–H groups in total. The van der Waals surface area contributed by atoms with Gasteiger partial charge in [0.1, 0.15) is 0 Å². The molecule has 2 heterocycles. The average Bonchev–Trinajstić information content (AvgIpc) is 3.40. The van der Waals surface area contributed by atoms with Crippen LogP contribution >= 0.6 is 0 Å². The number of benzene rings is 1. The molecule has 0 radical (unpaired) electrons. The fraction of sp³-hybridized carbons (Fsp3) is 0.429. The summed E-state index contributed by atoms with van der Waals surface area (Å²) in [4.78, 5) is 16.2. The summed E-state index contributed by atoms with van der Waals surface area (Å²) < 4.78 is 10.8. The molecule has 1 aliphatic rings. The van der Waals surface area contributed by atoms with Gasteiger partial charge in [0.15, 0.2) is 0 Å². The van der Waals surface area contributed by atoms with E-state index in [0.29, 0.717) is 18.8 Å². The van der Waals surface area contributed by atoms with Gasteiger partial charge >= 0.3 is 0 Å². The first-order valence-corrected chi connectivity index (χ1v) is 9.76. The van der Waals surface area contributed by atoms with Crippen molar-refractivity contribution in [2.24, 2.45) is 0 Å². The second kappa shape index (κ2) is 8.58. The fourth-order valence-corrected chi connectivity index (χ4v) is 3.86. The first kappa shape index (κ1) is 18.7. The number of aromatic nitrogens is 3. The van der Waals surface area contributed by atoms with E-state index in [1.165, 1.54) is 0 Å². The Labute approximate surface area is 163 Å². The molecule has 1 aliphatic carbocycles. The maximum atomic E-state index is 13.0. The number of amides is 1. The molecule has 4 rings (SSSR count). The van der Waals surface area contributed by atoms with Gasteiger partial charge in [-0.1, -0.05) is 0 Å². The Morgan fingerprint density at radius 1 is 1.21 bits per heavy atom. The molecule has 3 aromatic rings. The zero-order valence-electron chi connectivity index (χ0n) is 16.0. The van der Waals surface area contributed by atoms with Crippen LogP contribution in [0.25, 0.3) is 22.0 Å². The molecule has 7 heteroatoms. The Balaban J connectivity index is 1.44. The van der Waals surface area contributed by atoms with E-state index in [9.17, 15) is 4.79 Å². The topological polar surface area (TPSA) is 92.0 Å². The average molecular weight is 382 g/mol. The lowest BCUT2D eigenvalue weighted by atomic mass is 9.92. The quantitative estimate of drug-likeness (QED) is 0.547. The van der Waals surface area contributed by atoms with Crippen molar-refractivity contribution in [3.05, 3.63) is 42.4 Å². The number of rotatable bonds is 7. The lowest BCUT2D eigenvalue weighted by Crippen LogP contribution is -2.39. The Morgan fingerprint density at radius 2 is 2.07 bits per heavy atom. The highest BCUT2D eigenvalue weighted by molar-refractivity contribution is 6.07. The summed E-state index contributed by atoms with van der Waals surface area (Å²) in [7, 11) is 1.68. The molecule has 1 fully saturated rings. The molecular weight excluding hydrogens is 356 g/mol. The minimum absolute atomic E-state index is 0.0402. The van der Waals surface area contributed by atoms with Crippen molar-refractivity contribution in [3.8, 4) is 11.1 Å². The predicted octanol–water partition coefficient (Wildman–Crippen LogP) is 3.26. The van der Waals surface area contributed by atoms with E-state index in [-0.39, 0.29) is 18.1 Å². The van der Waals surface area contributed by atoms with Gasteiger partial charge in [-0.05, 0) is 49.4 Å². The summed E-state index contributed by atoms with van der Waals surface area (Å²) in [5.41, 5.74) is 3.46. The van der Waals surface area contributed by atoms with Crippen LogP contribution in [0.5, 0.6) is 0 Å². The van der Waals surface area contributed by atoms with Gasteiger partial charge in [-0.15, -0.1) is 0 Å². The van der Waals surface area contributed by atoms with Crippen LogP contribution < -0.4 is 5.32 Å². The number of hydrogen-bond donors (Lipinski definition) is 3. The smallest absolute Gasteiger partial charge is 0.253 e. The molecule has 0 saturated heterocycles. The molecule has 1 amide bonds. The SMILES string of the molecule is COCCOC1CCC(NC(=O)c2cc(-c3cn[nH]c3)cc3cc[nH]c23)CC1. The maximum Gasteiger partial charge on any atom is 0.253 e. The zero-order valence-corrected chi connectivity index (χ0v) is 16.0. The Morgan fingerprint density at radius 3 is 2.82 bits per heavy atom. The highest BCUT2D eigenvalue weighted by Gasteiger charge is 2.24. The van der Waals surface area contributed by atoms with Crippen LogP contribution in [0.1, 0.15) is 36.0 Å². The van der Waals surface area contributed by atoms with Crippen LogP contribution in [0.15, 0.2) is 36.8 Å². The molecular formula is C21H26N4O3. The normalized spacial score (nSPS) is 19.8. The number of hydrogen-bond acceptors (Lipinski definition) is 4. The van der Waals surface area contributed by atoms with Crippen LogP contribution in [0.4, 0.5) is 0 Å². The van der Waals surface area contributed by atoms with Gasteiger partial charge in [-0.2, -0.15) is 5.10 Å². The highest BCUT2D eigenvalue weighted by atomic mass is 16.5. The summed E-state index contributed by atoms with van der Waals surface area (Å²) in [6, 6.07) is 6.16. The third kappa shape index (κ3) is 4.10. The number of ether oxygens (including phenoxy) is 2. The van der Waals surface area contributed by atoms with E-state index in [4.69, 9.17) is 9.47 Å². The van der Waals surface area contributed by atoms with Crippen molar-refractivity contribution >= 4 is 16.8 Å². The monoisotopic (exact) mass is 382 g/mol. The number of fused-ring (bicyclic) bond motifs is 1. The second-order valence-electron chi connectivity index (χ2n) is 7.26. The van der Waals surface area contributed by atoms with Crippen molar-refractivity contribution < 1.29 is 14.3 Å². The van der Waals surface area contributed by atoms with Crippen molar-refractivity contribution in [1.82, 2.24) is 20.5 Å². The lowest BCUT2D eigenvalue weighted by Gasteiger charge is -2.29. The molecule has 28 heavy (non-hydrogen) atoms. The van der Waals surface area contributed by atoms with E-state index in [2.05, 4.69) is 26.6 Å². The third-order valence-electron chi connectivity index (χ3n) is 5.39. The lowest BCUT2D eigenvalue weighted by molar-refractivity contribution is -0.00408. The molecule has 0 spiro atoms. The summed E-state index contributed by atoms with van der Waals surface area (Å²) in [6.45, 7) is 1.25. The number of carbonyl (C=O) groups is 1. The Bertz CT molecular complexity index is 911. The molecule has 148 valence electrons. The van der Waals surface area contributed by atoms with Crippen LogP contribution in [-0.2, 0) is 9.47 Å². The highest BCUT2D eigenvalue weighted by Crippen LogP contribution is 2.27. The van der Waals surface area contributed by atoms with Crippen LogP contribution in [-0.4, -0.2) is 53.6 Å². The van der Waals surface area contributed by atoms with Gasteiger partial charge in [-0.25, -0.2) is 0 Å². The van der Waals surface area contributed by atoms with E-state index in [0.717, 1.165) is 47.7 Å². The molecule has 0 unspecified atom stereocenters. The van der Waals surface area contributed by atoms with Gasteiger partial charge in [0.2, 0.25) is 0 Å². The minimum atomic E-state index is -0.0402. The van der Waals surface area contributed by atoms with Crippen molar-refractivity contribution in [1.29, 1.82) is 0 Å². The Kier molecular flexibility index (Phi) is 5.73. The molecule has 1 saturated carbocycles. The molecule has 2 aromatic heterocycles. The Hall–Kier alpha value is -2.64. The number of carbonyl (C=O) groups excluding carboxylic acids is 1. The molecule has 0 bridgehead atoms. The van der Waals surface area contributed by atoms with E-state index >= 15 is 0 Å².